The van der Waals surface area contributed by atoms with Crippen molar-refractivity contribution in [1.82, 2.24) is 0 Å². The maximum Gasteiger partial charge on any atom is 0.104 e. The van der Waals surface area contributed by atoms with Gasteiger partial charge in [0.05, 0.1) is 0 Å². The Kier molecular flexibility index (Phi) is 3.65. The summed E-state index contributed by atoms with van der Waals surface area (Å²) in [5, 5.41) is 10.4. The van der Waals surface area contributed by atoms with E-state index in [1.54, 1.807) is 0 Å². The minimum absolute atomic E-state index is 0.553. The van der Waals surface area contributed by atoms with Gasteiger partial charge in [0.2, 0.25) is 0 Å². The van der Waals surface area contributed by atoms with Gasteiger partial charge in [0, 0.05) is 4.47 Å². The van der Waals surface area contributed by atoms with Crippen LogP contribution in [-0.4, -0.2) is 5.11 Å². The van der Waals surface area contributed by atoms with Crippen molar-refractivity contribution < 1.29 is 5.11 Å². The van der Waals surface area contributed by atoms with E-state index in [0.717, 1.165) is 21.2 Å². The molecular weight excluding hydrogens is 276 g/mol. The molecule has 0 amide bonds. The second-order valence-electron chi connectivity index (χ2n) is 4.24. The van der Waals surface area contributed by atoms with E-state index in [0.29, 0.717) is 0 Å². The van der Waals surface area contributed by atoms with Crippen molar-refractivity contribution in [2.45, 2.75) is 20.0 Å². The minimum Gasteiger partial charge on any atom is -0.384 e. The second kappa shape index (κ2) is 5.03. The number of benzene rings is 2. The lowest BCUT2D eigenvalue weighted by molar-refractivity contribution is 0.219. The molecule has 0 aliphatic heterocycles. The third kappa shape index (κ3) is 2.59. The Morgan fingerprint density at radius 2 is 1.65 bits per heavy atom. The molecule has 0 heterocycles. The molecule has 0 saturated heterocycles. The van der Waals surface area contributed by atoms with E-state index >= 15 is 0 Å². The third-order valence-electron chi connectivity index (χ3n) is 3.13. The lowest BCUT2D eigenvalue weighted by Gasteiger charge is -2.15. The van der Waals surface area contributed by atoms with Gasteiger partial charge in [-0.25, -0.2) is 0 Å². The number of hydrogen-bond acceptors (Lipinski definition) is 1. The van der Waals surface area contributed by atoms with Gasteiger partial charge >= 0.3 is 0 Å². The van der Waals surface area contributed by atoms with Crippen molar-refractivity contribution in [2.75, 3.05) is 0 Å². The second-order valence-corrected chi connectivity index (χ2v) is 5.16. The molecule has 17 heavy (non-hydrogen) atoms. The average molecular weight is 291 g/mol. The fourth-order valence-electron chi connectivity index (χ4n) is 1.89. The summed E-state index contributed by atoms with van der Waals surface area (Å²) >= 11 is 3.40. The SMILES string of the molecule is Cc1cccc([C@H](O)c2ccc(Br)cc2)c1C. The molecule has 0 bridgehead atoms. The maximum atomic E-state index is 10.4. The zero-order valence-electron chi connectivity index (χ0n) is 9.94. The molecule has 88 valence electrons. The van der Waals surface area contributed by atoms with Gasteiger partial charge in [-0.15, -0.1) is 0 Å². The van der Waals surface area contributed by atoms with Crippen molar-refractivity contribution in [3.8, 4) is 0 Å². The molecule has 1 nitrogen and oxygen atoms in total. The molecule has 2 rings (SSSR count). The Bertz CT molecular complexity index is 517. The quantitative estimate of drug-likeness (QED) is 0.881. The van der Waals surface area contributed by atoms with E-state index in [9.17, 15) is 5.11 Å². The van der Waals surface area contributed by atoms with Crippen LogP contribution in [0.1, 0.15) is 28.4 Å². The van der Waals surface area contributed by atoms with Crippen LogP contribution in [0.5, 0.6) is 0 Å². The first kappa shape index (κ1) is 12.3. The van der Waals surface area contributed by atoms with E-state index in [4.69, 9.17) is 0 Å². The normalized spacial score (nSPS) is 12.5. The Hall–Kier alpha value is -1.12. The highest BCUT2D eigenvalue weighted by atomic mass is 79.9. The summed E-state index contributed by atoms with van der Waals surface area (Å²) < 4.78 is 1.02. The number of aryl methyl sites for hydroxylation is 1. The van der Waals surface area contributed by atoms with Gasteiger partial charge in [-0.05, 0) is 48.2 Å². The van der Waals surface area contributed by atoms with E-state index in [1.807, 2.05) is 43.3 Å². The van der Waals surface area contributed by atoms with Crippen molar-refractivity contribution in [2.24, 2.45) is 0 Å². The fourth-order valence-corrected chi connectivity index (χ4v) is 2.16. The zero-order chi connectivity index (χ0) is 12.4. The molecule has 2 heteroatoms. The summed E-state index contributed by atoms with van der Waals surface area (Å²) in [6.07, 6.45) is -0.553. The lowest BCUT2D eigenvalue weighted by atomic mass is 9.95. The van der Waals surface area contributed by atoms with Crippen LogP contribution in [0, 0.1) is 13.8 Å². The van der Waals surface area contributed by atoms with E-state index in [2.05, 4.69) is 28.9 Å². The van der Waals surface area contributed by atoms with Gasteiger partial charge < -0.3 is 5.11 Å². The Morgan fingerprint density at radius 3 is 2.29 bits per heavy atom. The van der Waals surface area contributed by atoms with Crippen LogP contribution >= 0.6 is 15.9 Å². The molecule has 1 N–H and O–H groups in total. The maximum absolute atomic E-state index is 10.4. The van der Waals surface area contributed by atoms with Gasteiger partial charge in [-0.3, -0.25) is 0 Å². The molecule has 0 aliphatic rings. The highest BCUT2D eigenvalue weighted by Crippen LogP contribution is 2.27. The van der Waals surface area contributed by atoms with Crippen LogP contribution in [0.2, 0.25) is 0 Å². The highest BCUT2D eigenvalue weighted by molar-refractivity contribution is 9.10. The van der Waals surface area contributed by atoms with Crippen molar-refractivity contribution >= 4 is 15.9 Å². The van der Waals surface area contributed by atoms with Crippen molar-refractivity contribution in [1.29, 1.82) is 0 Å². The molecule has 0 aliphatic carbocycles. The number of aliphatic hydroxyl groups excluding tert-OH is 1. The van der Waals surface area contributed by atoms with Crippen LogP contribution in [0.4, 0.5) is 0 Å². The van der Waals surface area contributed by atoms with Gasteiger partial charge in [0.15, 0.2) is 0 Å². The van der Waals surface area contributed by atoms with Gasteiger partial charge in [0.25, 0.3) is 0 Å². The molecule has 0 fully saturated rings. The highest BCUT2D eigenvalue weighted by Gasteiger charge is 2.13. The first-order chi connectivity index (χ1) is 8.09. The largest absolute Gasteiger partial charge is 0.384 e. The van der Waals surface area contributed by atoms with Crippen molar-refractivity contribution in [3.05, 3.63) is 69.2 Å². The number of halogens is 1. The predicted octanol–water partition coefficient (Wildman–Crippen LogP) is 4.15. The number of hydrogen-bond donors (Lipinski definition) is 1. The lowest BCUT2D eigenvalue weighted by Crippen LogP contribution is -2.02. The average Bonchev–Trinajstić information content (AvgIpc) is 2.33. The van der Waals surface area contributed by atoms with Crippen LogP contribution in [0.15, 0.2) is 46.9 Å². The topological polar surface area (TPSA) is 20.2 Å². The summed E-state index contributed by atoms with van der Waals surface area (Å²) in [4.78, 5) is 0. The molecule has 2 aromatic carbocycles. The first-order valence-corrected chi connectivity index (χ1v) is 6.38. The minimum atomic E-state index is -0.553. The van der Waals surface area contributed by atoms with E-state index in [1.165, 1.54) is 5.56 Å². The third-order valence-corrected chi connectivity index (χ3v) is 3.66. The van der Waals surface area contributed by atoms with Crippen LogP contribution in [-0.2, 0) is 0 Å². The molecule has 0 unspecified atom stereocenters. The summed E-state index contributed by atoms with van der Waals surface area (Å²) in [5.74, 6) is 0. The zero-order valence-corrected chi connectivity index (χ0v) is 11.5. The molecule has 2 aromatic rings. The molecule has 0 aromatic heterocycles. The molecule has 0 saturated carbocycles. The Labute approximate surface area is 110 Å². The van der Waals surface area contributed by atoms with Gasteiger partial charge in [0.1, 0.15) is 6.10 Å². The smallest absolute Gasteiger partial charge is 0.104 e. The Morgan fingerprint density at radius 1 is 1.00 bits per heavy atom. The van der Waals surface area contributed by atoms with Crippen LogP contribution in [0.25, 0.3) is 0 Å². The standard InChI is InChI=1S/C15H15BrO/c1-10-4-3-5-14(11(10)2)15(17)12-6-8-13(16)9-7-12/h3-9,15,17H,1-2H3/t15-/m1/s1. The number of aliphatic hydroxyl groups is 1. The molecule has 0 spiro atoms. The van der Waals surface area contributed by atoms with Gasteiger partial charge in [-0.2, -0.15) is 0 Å². The summed E-state index contributed by atoms with van der Waals surface area (Å²) in [7, 11) is 0. The Balaban J connectivity index is 2.40. The van der Waals surface area contributed by atoms with Crippen LogP contribution in [0.3, 0.4) is 0 Å². The summed E-state index contributed by atoms with van der Waals surface area (Å²) in [5.41, 5.74) is 4.26. The number of rotatable bonds is 2. The van der Waals surface area contributed by atoms with Crippen LogP contribution < -0.4 is 0 Å². The van der Waals surface area contributed by atoms with E-state index < -0.39 is 6.10 Å². The first-order valence-electron chi connectivity index (χ1n) is 5.59. The van der Waals surface area contributed by atoms with Gasteiger partial charge in [-0.1, -0.05) is 46.3 Å². The summed E-state index contributed by atoms with van der Waals surface area (Å²) in [6, 6.07) is 13.8. The molecule has 1 atom stereocenters. The monoisotopic (exact) mass is 290 g/mol. The molecule has 0 radical (unpaired) electrons. The molecular formula is C15H15BrO. The van der Waals surface area contributed by atoms with E-state index in [-0.39, 0.29) is 0 Å². The van der Waals surface area contributed by atoms with Crippen molar-refractivity contribution in [3.63, 3.8) is 0 Å². The summed E-state index contributed by atoms with van der Waals surface area (Å²) in [6.45, 7) is 4.11. The predicted molar refractivity (Wildman–Crippen MR) is 74.1 cm³/mol. The fraction of sp³-hybridized carbons (Fsp3) is 0.200.